The molecule has 0 saturated carbocycles. The van der Waals surface area contributed by atoms with Crippen molar-refractivity contribution in [3.63, 3.8) is 0 Å². The molecule has 116 valence electrons. The number of hydrogen-bond donors (Lipinski definition) is 1. The highest BCUT2D eigenvalue weighted by Gasteiger charge is 2.13. The zero-order chi connectivity index (χ0) is 15.5. The maximum Gasteiger partial charge on any atom is 0.422 e. The second-order valence-electron chi connectivity index (χ2n) is 5.21. The van der Waals surface area contributed by atoms with Crippen molar-refractivity contribution in [2.75, 3.05) is 0 Å². The van der Waals surface area contributed by atoms with E-state index in [4.69, 9.17) is 5.11 Å². The lowest BCUT2D eigenvalue weighted by Gasteiger charge is -2.04. The molecule has 0 aliphatic carbocycles. The average molecular weight is 292 g/mol. The molecule has 0 unspecified atom stereocenters. The van der Waals surface area contributed by atoms with Crippen LogP contribution in [-0.4, -0.2) is 17.0 Å². The van der Waals surface area contributed by atoms with Crippen molar-refractivity contribution < 1.29 is 19.4 Å². The fourth-order valence-electron chi connectivity index (χ4n) is 2.16. The number of rotatable bonds is 9. The lowest BCUT2D eigenvalue weighted by atomic mass is 10.0. The highest BCUT2D eigenvalue weighted by molar-refractivity contribution is 6.29. The van der Waals surface area contributed by atoms with Gasteiger partial charge in [-0.15, -0.1) is 0 Å². The van der Waals surface area contributed by atoms with Gasteiger partial charge in [-0.25, -0.2) is 9.59 Å². The van der Waals surface area contributed by atoms with Gasteiger partial charge in [0, 0.05) is 0 Å². The van der Waals surface area contributed by atoms with Gasteiger partial charge >= 0.3 is 11.9 Å². The third kappa shape index (κ3) is 7.49. The molecule has 0 atom stereocenters. The Hall–Kier alpha value is -1.84. The second kappa shape index (κ2) is 9.97. The van der Waals surface area contributed by atoms with Crippen LogP contribution >= 0.6 is 0 Å². The highest BCUT2D eigenvalue weighted by atomic mass is 16.6. The van der Waals surface area contributed by atoms with Gasteiger partial charge < -0.3 is 9.84 Å². The Balaban J connectivity index is 2.22. The monoisotopic (exact) mass is 292 g/mol. The van der Waals surface area contributed by atoms with Crippen LogP contribution in [0, 0.1) is 0 Å². The van der Waals surface area contributed by atoms with E-state index in [1.165, 1.54) is 44.1 Å². The zero-order valence-electron chi connectivity index (χ0n) is 12.6. The molecule has 1 N–H and O–H groups in total. The van der Waals surface area contributed by atoms with Crippen molar-refractivity contribution in [2.45, 2.75) is 58.3 Å². The first-order chi connectivity index (χ1) is 10.1. The maximum absolute atomic E-state index is 10.9. The summed E-state index contributed by atoms with van der Waals surface area (Å²) in [5.74, 6) is -2.57. The molecule has 1 aromatic rings. The number of carbonyl (C=O) groups is 2. The van der Waals surface area contributed by atoms with Gasteiger partial charge in [0.2, 0.25) is 0 Å². The van der Waals surface area contributed by atoms with Crippen LogP contribution in [0.15, 0.2) is 24.3 Å². The van der Waals surface area contributed by atoms with Crippen LogP contribution in [0.3, 0.4) is 0 Å². The SMILES string of the molecule is CCCCCCCCCc1ccc(OC(=O)C(=O)O)cc1. The summed E-state index contributed by atoms with van der Waals surface area (Å²) in [6.07, 6.45) is 9.93. The lowest BCUT2D eigenvalue weighted by molar-refractivity contribution is -0.158. The third-order valence-electron chi connectivity index (χ3n) is 3.38. The van der Waals surface area contributed by atoms with E-state index < -0.39 is 11.9 Å². The summed E-state index contributed by atoms with van der Waals surface area (Å²) >= 11 is 0. The number of carboxylic acid groups (broad SMARTS) is 1. The molecule has 4 heteroatoms. The lowest BCUT2D eigenvalue weighted by Crippen LogP contribution is -2.19. The van der Waals surface area contributed by atoms with Gasteiger partial charge in [-0.2, -0.15) is 0 Å². The first-order valence-corrected chi connectivity index (χ1v) is 7.67. The molecule has 0 saturated heterocycles. The zero-order valence-corrected chi connectivity index (χ0v) is 12.6. The molecular formula is C17H24O4. The number of benzene rings is 1. The third-order valence-corrected chi connectivity index (χ3v) is 3.38. The Morgan fingerprint density at radius 3 is 2.10 bits per heavy atom. The van der Waals surface area contributed by atoms with Crippen molar-refractivity contribution in [3.8, 4) is 5.75 Å². The van der Waals surface area contributed by atoms with Crippen LogP contribution < -0.4 is 4.74 Å². The van der Waals surface area contributed by atoms with Crippen LogP contribution in [0.5, 0.6) is 5.75 Å². The first kappa shape index (κ1) is 17.2. The van der Waals surface area contributed by atoms with Crippen molar-refractivity contribution in [1.29, 1.82) is 0 Å². The van der Waals surface area contributed by atoms with Gasteiger partial charge in [0.05, 0.1) is 0 Å². The van der Waals surface area contributed by atoms with Gasteiger partial charge in [-0.05, 0) is 30.5 Å². The molecular weight excluding hydrogens is 268 g/mol. The average Bonchev–Trinajstić information content (AvgIpc) is 2.48. The molecule has 0 bridgehead atoms. The number of esters is 1. The van der Waals surface area contributed by atoms with E-state index in [1.807, 2.05) is 12.1 Å². The largest absolute Gasteiger partial charge is 0.473 e. The number of aliphatic carboxylic acids is 1. The molecule has 0 heterocycles. The Kier molecular flexibility index (Phi) is 8.17. The summed E-state index contributed by atoms with van der Waals surface area (Å²) < 4.78 is 4.67. The summed E-state index contributed by atoms with van der Waals surface area (Å²) in [5.41, 5.74) is 1.18. The molecule has 1 rings (SSSR count). The van der Waals surface area contributed by atoms with Crippen LogP contribution in [-0.2, 0) is 16.0 Å². The number of aryl methyl sites for hydroxylation is 1. The number of hydrogen-bond acceptors (Lipinski definition) is 3. The van der Waals surface area contributed by atoms with E-state index in [-0.39, 0.29) is 5.75 Å². The Labute approximate surface area is 126 Å². The van der Waals surface area contributed by atoms with Gasteiger partial charge in [-0.3, -0.25) is 0 Å². The van der Waals surface area contributed by atoms with Crippen molar-refractivity contribution >= 4 is 11.9 Å². The summed E-state index contributed by atoms with van der Waals surface area (Å²) in [6, 6.07) is 7.03. The van der Waals surface area contributed by atoms with Crippen LogP contribution in [0.2, 0.25) is 0 Å². The quantitative estimate of drug-likeness (QED) is 0.324. The Bertz CT molecular complexity index is 437. The minimum Gasteiger partial charge on any atom is -0.473 e. The predicted octanol–water partition coefficient (Wildman–Crippen LogP) is 3.97. The molecule has 1 aromatic carbocycles. The van der Waals surface area contributed by atoms with E-state index in [0.29, 0.717) is 0 Å². The molecule has 0 aliphatic rings. The minimum atomic E-state index is -1.58. The van der Waals surface area contributed by atoms with E-state index in [2.05, 4.69) is 11.7 Å². The number of carbonyl (C=O) groups excluding carboxylic acids is 1. The van der Waals surface area contributed by atoms with Gasteiger partial charge in [0.25, 0.3) is 0 Å². The van der Waals surface area contributed by atoms with Crippen LogP contribution in [0.4, 0.5) is 0 Å². The van der Waals surface area contributed by atoms with Crippen molar-refractivity contribution in [2.24, 2.45) is 0 Å². The molecule has 21 heavy (non-hydrogen) atoms. The fourth-order valence-corrected chi connectivity index (χ4v) is 2.16. The summed E-state index contributed by atoms with van der Waals surface area (Å²) in [7, 11) is 0. The van der Waals surface area contributed by atoms with E-state index in [0.717, 1.165) is 12.8 Å². The predicted molar refractivity (Wildman–Crippen MR) is 81.4 cm³/mol. The second-order valence-corrected chi connectivity index (χ2v) is 5.21. The molecule has 0 radical (unpaired) electrons. The molecule has 4 nitrogen and oxygen atoms in total. The normalized spacial score (nSPS) is 10.3. The first-order valence-electron chi connectivity index (χ1n) is 7.67. The number of unbranched alkanes of at least 4 members (excludes halogenated alkanes) is 6. The standard InChI is InChI=1S/C17H24O4/c1-2-3-4-5-6-7-8-9-14-10-12-15(13-11-14)21-17(20)16(18)19/h10-13H,2-9H2,1H3,(H,18,19). The number of carboxylic acids is 1. The van der Waals surface area contributed by atoms with E-state index >= 15 is 0 Å². The fraction of sp³-hybridized carbons (Fsp3) is 0.529. The highest BCUT2D eigenvalue weighted by Crippen LogP contribution is 2.15. The maximum atomic E-state index is 10.9. The van der Waals surface area contributed by atoms with Crippen molar-refractivity contribution in [1.82, 2.24) is 0 Å². The molecule has 0 aliphatic heterocycles. The van der Waals surface area contributed by atoms with Gasteiger partial charge in [-0.1, -0.05) is 57.6 Å². The molecule has 0 aromatic heterocycles. The summed E-state index contributed by atoms with van der Waals surface area (Å²) in [5, 5.41) is 8.44. The smallest absolute Gasteiger partial charge is 0.422 e. The van der Waals surface area contributed by atoms with Gasteiger partial charge in [0.15, 0.2) is 0 Å². The molecule has 0 spiro atoms. The van der Waals surface area contributed by atoms with E-state index in [9.17, 15) is 9.59 Å². The van der Waals surface area contributed by atoms with Gasteiger partial charge in [0.1, 0.15) is 5.75 Å². The number of ether oxygens (including phenoxy) is 1. The topological polar surface area (TPSA) is 63.6 Å². The summed E-state index contributed by atoms with van der Waals surface area (Å²) in [4.78, 5) is 21.3. The molecule has 0 amide bonds. The Morgan fingerprint density at radius 2 is 1.52 bits per heavy atom. The van der Waals surface area contributed by atoms with E-state index in [1.54, 1.807) is 12.1 Å². The van der Waals surface area contributed by atoms with Crippen LogP contribution in [0.1, 0.15) is 57.4 Å². The van der Waals surface area contributed by atoms with Crippen LogP contribution in [0.25, 0.3) is 0 Å². The Morgan fingerprint density at radius 1 is 0.952 bits per heavy atom. The summed E-state index contributed by atoms with van der Waals surface area (Å²) in [6.45, 7) is 2.22. The molecule has 0 fully saturated rings. The van der Waals surface area contributed by atoms with Crippen molar-refractivity contribution in [3.05, 3.63) is 29.8 Å². The minimum absolute atomic E-state index is 0.269.